The van der Waals surface area contributed by atoms with Gasteiger partial charge < -0.3 is 24.5 Å². The van der Waals surface area contributed by atoms with Crippen LogP contribution < -0.4 is 9.80 Å². The minimum Gasteiger partial charge on any atom is -0.394 e. The molecule has 0 unspecified atom stereocenters. The molecule has 0 bridgehead atoms. The first-order valence-electron chi connectivity index (χ1n) is 17.2. The topological polar surface area (TPSA) is 90.4 Å². The van der Waals surface area contributed by atoms with Crippen LogP contribution in [0.4, 0.5) is 15.8 Å². The molecule has 252 valence electrons. The highest BCUT2D eigenvalue weighted by molar-refractivity contribution is 6.07. The normalized spacial score (nSPS) is 27.1. The highest BCUT2D eigenvalue weighted by atomic mass is 19.1. The Bertz CT molecular complexity index is 1720. The fourth-order valence-electron chi connectivity index (χ4n) is 8.73. The number of para-hydroxylation sites is 1. The lowest BCUT2D eigenvalue weighted by Gasteiger charge is -2.37. The number of alkyl halides is 1. The largest absolute Gasteiger partial charge is 0.394 e. The number of aliphatic hydroxyl groups excluding tert-OH is 1. The summed E-state index contributed by atoms with van der Waals surface area (Å²) in [4.78, 5) is 46.4. The second-order valence-electron chi connectivity index (χ2n) is 14.4. The number of amides is 3. The Morgan fingerprint density at radius 3 is 2.42 bits per heavy atom. The van der Waals surface area contributed by atoms with E-state index in [1.807, 2.05) is 84.6 Å². The molecule has 1 spiro atoms. The van der Waals surface area contributed by atoms with Crippen LogP contribution in [-0.4, -0.2) is 58.7 Å². The smallest absolute Gasteiger partial charge is 0.264 e. The maximum atomic E-state index is 16.2. The molecule has 9 heteroatoms. The molecule has 5 atom stereocenters. The van der Waals surface area contributed by atoms with E-state index >= 15 is 4.39 Å². The highest BCUT2D eigenvalue weighted by Gasteiger charge is 2.66. The second-order valence-corrected chi connectivity index (χ2v) is 14.4. The summed E-state index contributed by atoms with van der Waals surface area (Å²) in [7, 11) is 0. The number of fused-ring (bicyclic) bond motifs is 3. The molecule has 4 aliphatic heterocycles. The number of ether oxygens (including phenoxy) is 1. The van der Waals surface area contributed by atoms with E-state index in [-0.39, 0.29) is 43.3 Å². The van der Waals surface area contributed by atoms with Crippen LogP contribution in [0.3, 0.4) is 0 Å². The summed E-state index contributed by atoms with van der Waals surface area (Å²) in [6.45, 7) is 6.03. The fraction of sp³-hybridized carbons (Fsp3) is 0.462. The van der Waals surface area contributed by atoms with Crippen LogP contribution >= 0.6 is 0 Å². The van der Waals surface area contributed by atoms with Gasteiger partial charge in [-0.15, -0.1) is 0 Å². The van der Waals surface area contributed by atoms with Crippen LogP contribution in [0.15, 0.2) is 72.8 Å². The average Bonchev–Trinajstić information content (AvgIpc) is 3.50. The van der Waals surface area contributed by atoms with Gasteiger partial charge in [-0.25, -0.2) is 4.39 Å². The quantitative estimate of drug-likeness (QED) is 0.355. The van der Waals surface area contributed by atoms with E-state index in [1.165, 1.54) is 13.8 Å². The number of piperidine rings is 1. The predicted octanol–water partition coefficient (Wildman–Crippen LogP) is 5.68. The van der Waals surface area contributed by atoms with E-state index in [4.69, 9.17) is 4.74 Å². The number of rotatable bonds is 7. The van der Waals surface area contributed by atoms with Crippen molar-refractivity contribution in [3.63, 3.8) is 0 Å². The lowest BCUT2D eigenvalue weighted by molar-refractivity contribution is -0.151. The molecule has 3 aromatic carbocycles. The van der Waals surface area contributed by atoms with Gasteiger partial charge in [0.1, 0.15) is 5.67 Å². The first kappa shape index (κ1) is 32.5. The number of hydrogen-bond donors (Lipinski definition) is 1. The summed E-state index contributed by atoms with van der Waals surface area (Å²) in [5, 5.41) is 10.2. The van der Waals surface area contributed by atoms with Crippen molar-refractivity contribution in [1.29, 1.82) is 0 Å². The fourth-order valence-corrected chi connectivity index (χ4v) is 8.73. The maximum absolute atomic E-state index is 16.2. The van der Waals surface area contributed by atoms with E-state index in [9.17, 15) is 19.5 Å². The molecule has 0 radical (unpaired) electrons. The van der Waals surface area contributed by atoms with Gasteiger partial charge in [0.05, 0.1) is 37.4 Å². The molecule has 2 fully saturated rings. The van der Waals surface area contributed by atoms with Crippen LogP contribution in [0.25, 0.3) is 0 Å². The molecule has 0 aromatic heterocycles. The predicted molar refractivity (Wildman–Crippen MR) is 181 cm³/mol. The Hall–Kier alpha value is -4.08. The van der Waals surface area contributed by atoms with Gasteiger partial charge in [-0.2, -0.15) is 0 Å². The van der Waals surface area contributed by atoms with Crippen molar-refractivity contribution < 1.29 is 28.6 Å². The van der Waals surface area contributed by atoms with Gasteiger partial charge in [0.25, 0.3) is 5.91 Å². The first-order valence-corrected chi connectivity index (χ1v) is 17.2. The van der Waals surface area contributed by atoms with E-state index in [2.05, 4.69) is 0 Å². The molecule has 0 aliphatic carbocycles. The van der Waals surface area contributed by atoms with Crippen molar-refractivity contribution in [1.82, 2.24) is 4.90 Å². The van der Waals surface area contributed by atoms with Crippen molar-refractivity contribution in [3.05, 3.63) is 95.1 Å². The van der Waals surface area contributed by atoms with Crippen molar-refractivity contribution in [2.24, 2.45) is 11.8 Å². The Labute approximate surface area is 281 Å². The minimum absolute atomic E-state index is 0.102. The van der Waals surface area contributed by atoms with Crippen LogP contribution in [0, 0.1) is 11.8 Å². The first-order chi connectivity index (χ1) is 23.0. The number of aliphatic hydroxyl groups is 1. The molecule has 7 rings (SSSR count). The third-order valence-corrected chi connectivity index (χ3v) is 11.0. The molecule has 4 aliphatic rings. The number of anilines is 2. The van der Waals surface area contributed by atoms with Gasteiger partial charge in [0.2, 0.25) is 11.8 Å². The molecular weight excluding hydrogens is 609 g/mol. The third kappa shape index (κ3) is 5.41. The van der Waals surface area contributed by atoms with Gasteiger partial charge in [0.15, 0.2) is 5.60 Å². The van der Waals surface area contributed by atoms with Gasteiger partial charge in [-0.1, -0.05) is 61.5 Å². The average molecular weight is 654 g/mol. The summed E-state index contributed by atoms with van der Waals surface area (Å²) >= 11 is 0. The Kier molecular flexibility index (Phi) is 8.40. The summed E-state index contributed by atoms with van der Waals surface area (Å²) in [6.07, 6.45) is 2.02. The Morgan fingerprint density at radius 2 is 1.71 bits per heavy atom. The molecule has 4 heterocycles. The molecule has 1 N–H and O–H groups in total. The monoisotopic (exact) mass is 653 g/mol. The molecule has 48 heavy (non-hydrogen) atoms. The van der Waals surface area contributed by atoms with Crippen molar-refractivity contribution in [2.45, 2.75) is 89.4 Å². The zero-order valence-corrected chi connectivity index (χ0v) is 27.9. The summed E-state index contributed by atoms with van der Waals surface area (Å²) in [5.41, 5.74) is 2.06. The number of nitrogens with zero attached hydrogens (tertiary/aromatic N) is 3. The summed E-state index contributed by atoms with van der Waals surface area (Å²) < 4.78 is 23.0. The second kappa shape index (κ2) is 12.4. The van der Waals surface area contributed by atoms with Crippen LogP contribution in [0.5, 0.6) is 0 Å². The SMILES string of the molecule is C[C@H]1[C@H](C(C)(C)F)[C@@H](CC(=O)N2Cc3ccccc3C[C@H]2CO)O[C@]12C(=O)N(Cc1ccc(N3CCCCC3=O)cc1)c1ccccc12. The molecular formula is C39H44FN3O5. The van der Waals surface area contributed by atoms with Crippen molar-refractivity contribution in [3.8, 4) is 0 Å². The lowest BCUT2D eigenvalue weighted by Crippen LogP contribution is -2.48. The Balaban J connectivity index is 1.17. The molecule has 2 saturated heterocycles. The maximum Gasteiger partial charge on any atom is 0.264 e. The van der Waals surface area contributed by atoms with Crippen LogP contribution in [-0.2, 0) is 44.2 Å². The number of hydrogen-bond acceptors (Lipinski definition) is 5. The number of carbonyl (C=O) groups is 3. The standard InChI is InChI=1S/C39H44FN3O5/c1-25-36(38(2,3)40)33(21-35(46)42-23-28-11-5-4-10-27(28)20-30(42)24-44)48-39(25)31-12-6-7-13-32(31)43(37(39)47)22-26-15-17-29(18-16-26)41-19-9-8-14-34(41)45/h4-7,10-13,15-18,25,30,33,36,44H,8-9,14,19-24H2,1-3H3/t25-,30-,33+,36-,39+/m0/s1. The number of carbonyl (C=O) groups excluding carboxylic acids is 3. The Morgan fingerprint density at radius 1 is 1.00 bits per heavy atom. The summed E-state index contributed by atoms with van der Waals surface area (Å²) in [6, 6.07) is 22.8. The zero-order chi connectivity index (χ0) is 33.8. The molecule has 8 nitrogen and oxygen atoms in total. The number of halogens is 1. The van der Waals surface area contributed by atoms with Crippen LogP contribution in [0.2, 0.25) is 0 Å². The number of benzene rings is 3. The van der Waals surface area contributed by atoms with Crippen LogP contribution in [0.1, 0.15) is 68.7 Å². The van der Waals surface area contributed by atoms with Gasteiger partial charge in [0, 0.05) is 42.6 Å². The van der Waals surface area contributed by atoms with Crippen molar-refractivity contribution >= 4 is 29.1 Å². The van der Waals surface area contributed by atoms with E-state index in [0.29, 0.717) is 37.2 Å². The van der Waals surface area contributed by atoms with E-state index in [1.54, 1.807) is 9.80 Å². The molecule has 0 saturated carbocycles. The van der Waals surface area contributed by atoms with Gasteiger partial charge >= 0.3 is 0 Å². The molecule has 3 amide bonds. The van der Waals surface area contributed by atoms with E-state index in [0.717, 1.165) is 35.2 Å². The van der Waals surface area contributed by atoms with Gasteiger partial charge in [-0.3, -0.25) is 14.4 Å². The highest BCUT2D eigenvalue weighted by Crippen LogP contribution is 2.58. The van der Waals surface area contributed by atoms with Crippen molar-refractivity contribution in [2.75, 3.05) is 23.0 Å². The van der Waals surface area contributed by atoms with E-state index < -0.39 is 29.2 Å². The third-order valence-electron chi connectivity index (χ3n) is 11.0. The lowest BCUT2D eigenvalue weighted by atomic mass is 9.71. The van der Waals surface area contributed by atoms with Gasteiger partial charge in [-0.05, 0) is 68.0 Å². The minimum atomic E-state index is -1.75. The molecule has 3 aromatic rings. The zero-order valence-electron chi connectivity index (χ0n) is 27.9. The summed E-state index contributed by atoms with van der Waals surface area (Å²) in [5.74, 6) is -1.69.